The Kier molecular flexibility index (Phi) is 7.84. The minimum atomic E-state index is -0.538. The van der Waals surface area contributed by atoms with E-state index in [2.05, 4.69) is 10.3 Å². The molecule has 9 heteroatoms. The molecule has 0 atom stereocenters. The number of thioether (sulfide) groups is 1. The summed E-state index contributed by atoms with van der Waals surface area (Å²) in [5.41, 5.74) is 0. The lowest BCUT2D eigenvalue weighted by Gasteiger charge is -2.07. The lowest BCUT2D eigenvalue weighted by molar-refractivity contribution is -0.146. The number of rotatable bonds is 7. The van der Waals surface area contributed by atoms with Crippen molar-refractivity contribution in [2.24, 2.45) is 0 Å². The summed E-state index contributed by atoms with van der Waals surface area (Å²) in [7, 11) is 0. The van der Waals surface area contributed by atoms with Crippen molar-refractivity contribution in [1.82, 2.24) is 4.98 Å². The van der Waals surface area contributed by atoms with Gasteiger partial charge in [-0.15, -0.1) is 11.8 Å². The zero-order chi connectivity index (χ0) is 18.2. The predicted molar refractivity (Wildman–Crippen MR) is 101 cm³/mol. The average Bonchev–Trinajstić information content (AvgIpc) is 2.57. The monoisotopic (exact) mass is 418 g/mol. The normalized spacial score (nSPS) is 10.4. The number of amides is 1. The van der Waals surface area contributed by atoms with E-state index in [1.165, 1.54) is 24.0 Å². The second-order valence-electron chi connectivity index (χ2n) is 4.72. The predicted octanol–water partition coefficient (Wildman–Crippen LogP) is 4.71. The van der Waals surface area contributed by atoms with Gasteiger partial charge < -0.3 is 10.1 Å². The van der Waals surface area contributed by atoms with E-state index in [0.29, 0.717) is 15.8 Å². The first kappa shape index (κ1) is 19.8. The van der Waals surface area contributed by atoms with Gasteiger partial charge in [-0.05, 0) is 18.2 Å². The summed E-state index contributed by atoms with van der Waals surface area (Å²) in [5.74, 6) is -0.371. The van der Waals surface area contributed by atoms with Crippen LogP contribution in [-0.4, -0.2) is 29.2 Å². The highest BCUT2D eigenvalue weighted by molar-refractivity contribution is 7.99. The quantitative estimate of drug-likeness (QED) is 0.520. The van der Waals surface area contributed by atoms with Crippen molar-refractivity contribution in [2.75, 3.05) is 17.7 Å². The highest BCUT2D eigenvalue weighted by Gasteiger charge is 2.11. The fraction of sp³-hybridized carbons (Fsp3) is 0.188. The molecule has 0 aliphatic rings. The van der Waals surface area contributed by atoms with Gasteiger partial charge in [-0.2, -0.15) is 0 Å². The van der Waals surface area contributed by atoms with Gasteiger partial charge in [0.1, 0.15) is 0 Å². The van der Waals surface area contributed by atoms with Crippen molar-refractivity contribution in [1.29, 1.82) is 0 Å². The molecule has 1 N–H and O–H groups in total. The summed E-state index contributed by atoms with van der Waals surface area (Å²) < 4.78 is 4.91. The minimum Gasteiger partial charge on any atom is -0.456 e. The lowest BCUT2D eigenvalue weighted by Crippen LogP contribution is -2.21. The standard InChI is InChI=1S/C16H13Cl3N2O3S/c17-10-7-12(19)16(20-8-10)21-14(22)9-24-15(23)5-6-25-13-4-2-1-3-11(13)18/h1-4,7-8H,5-6,9H2,(H,20,21,22). The molecule has 0 aliphatic carbocycles. The average molecular weight is 420 g/mol. The molecule has 0 unspecified atom stereocenters. The molecular weight excluding hydrogens is 407 g/mol. The number of benzene rings is 1. The van der Waals surface area contributed by atoms with Crippen LogP contribution in [0.5, 0.6) is 0 Å². The number of nitrogens with one attached hydrogen (secondary N) is 1. The molecule has 0 bridgehead atoms. The maximum absolute atomic E-state index is 11.8. The van der Waals surface area contributed by atoms with Crippen LogP contribution in [-0.2, 0) is 14.3 Å². The molecule has 1 aromatic heterocycles. The van der Waals surface area contributed by atoms with Gasteiger partial charge in [0.05, 0.1) is 21.5 Å². The molecule has 2 aromatic rings. The number of hydrogen-bond acceptors (Lipinski definition) is 5. The summed E-state index contributed by atoms with van der Waals surface area (Å²) in [4.78, 5) is 28.2. The molecule has 1 amide bonds. The summed E-state index contributed by atoms with van der Waals surface area (Å²) in [6.45, 7) is -0.420. The number of carbonyl (C=O) groups excluding carboxylic acids is 2. The maximum Gasteiger partial charge on any atom is 0.307 e. The SMILES string of the molecule is O=C(COC(=O)CCSc1ccccc1Cl)Nc1ncc(Cl)cc1Cl. The molecule has 1 aromatic carbocycles. The zero-order valence-corrected chi connectivity index (χ0v) is 15.9. The Labute approximate surface area is 164 Å². The third-order valence-electron chi connectivity index (χ3n) is 2.83. The van der Waals surface area contributed by atoms with Crippen LogP contribution in [0, 0.1) is 0 Å². The lowest BCUT2D eigenvalue weighted by atomic mass is 10.4. The van der Waals surface area contributed by atoms with Crippen LogP contribution in [0.25, 0.3) is 0 Å². The van der Waals surface area contributed by atoms with Gasteiger partial charge in [0.2, 0.25) is 0 Å². The number of nitrogens with zero attached hydrogens (tertiary/aromatic N) is 1. The molecule has 0 spiro atoms. The molecule has 5 nitrogen and oxygen atoms in total. The van der Waals surface area contributed by atoms with E-state index in [0.717, 1.165) is 4.90 Å². The third kappa shape index (κ3) is 6.74. The van der Waals surface area contributed by atoms with Gasteiger partial charge in [-0.25, -0.2) is 4.98 Å². The first-order valence-electron chi connectivity index (χ1n) is 7.09. The summed E-state index contributed by atoms with van der Waals surface area (Å²) >= 11 is 19.1. The second-order valence-corrected chi connectivity index (χ2v) is 7.11. The molecule has 2 rings (SSSR count). The number of pyridine rings is 1. The van der Waals surface area contributed by atoms with E-state index < -0.39 is 18.5 Å². The molecule has 1 heterocycles. The van der Waals surface area contributed by atoms with E-state index in [1.807, 2.05) is 18.2 Å². The van der Waals surface area contributed by atoms with Crippen LogP contribution in [0.4, 0.5) is 5.82 Å². The molecule has 0 saturated heterocycles. The van der Waals surface area contributed by atoms with Crippen LogP contribution in [0.15, 0.2) is 41.4 Å². The van der Waals surface area contributed by atoms with Gasteiger partial charge in [0, 0.05) is 16.8 Å². The van der Waals surface area contributed by atoms with Crippen LogP contribution in [0.2, 0.25) is 15.1 Å². The molecule has 0 radical (unpaired) electrons. The Morgan fingerprint density at radius 1 is 1.16 bits per heavy atom. The molecular formula is C16H13Cl3N2O3S. The van der Waals surface area contributed by atoms with Gasteiger partial charge in [0.25, 0.3) is 5.91 Å². The van der Waals surface area contributed by atoms with E-state index in [9.17, 15) is 9.59 Å². The number of halogens is 3. The minimum absolute atomic E-state index is 0.154. The number of esters is 1. The highest BCUT2D eigenvalue weighted by Crippen LogP contribution is 2.27. The van der Waals surface area contributed by atoms with Crippen LogP contribution >= 0.6 is 46.6 Å². The fourth-order valence-electron chi connectivity index (χ4n) is 1.70. The van der Waals surface area contributed by atoms with E-state index >= 15 is 0 Å². The van der Waals surface area contributed by atoms with Crippen molar-refractivity contribution in [3.05, 3.63) is 51.6 Å². The molecule has 0 aliphatic heterocycles. The van der Waals surface area contributed by atoms with E-state index in [-0.39, 0.29) is 17.3 Å². The number of hydrogen-bond donors (Lipinski definition) is 1. The van der Waals surface area contributed by atoms with E-state index in [1.54, 1.807) is 6.07 Å². The van der Waals surface area contributed by atoms with Gasteiger partial charge >= 0.3 is 5.97 Å². The maximum atomic E-state index is 11.8. The second kappa shape index (κ2) is 9.87. The largest absolute Gasteiger partial charge is 0.456 e. The number of anilines is 1. The van der Waals surface area contributed by atoms with Crippen LogP contribution < -0.4 is 5.32 Å². The smallest absolute Gasteiger partial charge is 0.307 e. The first-order chi connectivity index (χ1) is 12.0. The summed E-state index contributed by atoms with van der Waals surface area (Å²) in [5, 5.41) is 3.62. The van der Waals surface area contributed by atoms with Gasteiger partial charge in [-0.3, -0.25) is 9.59 Å². The number of ether oxygens (including phenoxy) is 1. The number of aromatic nitrogens is 1. The van der Waals surface area contributed by atoms with Gasteiger partial charge in [0.15, 0.2) is 12.4 Å². The Morgan fingerprint density at radius 2 is 1.92 bits per heavy atom. The molecule has 25 heavy (non-hydrogen) atoms. The van der Waals surface area contributed by atoms with Crippen molar-refractivity contribution in [3.8, 4) is 0 Å². The summed E-state index contributed by atoms with van der Waals surface area (Å²) in [6, 6.07) is 8.80. The van der Waals surface area contributed by atoms with E-state index in [4.69, 9.17) is 39.5 Å². The summed E-state index contributed by atoms with van der Waals surface area (Å²) in [6.07, 6.45) is 1.50. The van der Waals surface area contributed by atoms with Crippen molar-refractivity contribution in [3.63, 3.8) is 0 Å². The first-order valence-corrected chi connectivity index (χ1v) is 9.21. The Bertz CT molecular complexity index is 774. The van der Waals surface area contributed by atoms with Crippen molar-refractivity contribution < 1.29 is 14.3 Å². The van der Waals surface area contributed by atoms with Gasteiger partial charge in [-0.1, -0.05) is 46.9 Å². The fourth-order valence-corrected chi connectivity index (χ4v) is 3.30. The Balaban J connectivity index is 1.70. The van der Waals surface area contributed by atoms with Crippen molar-refractivity contribution >= 4 is 64.3 Å². The zero-order valence-electron chi connectivity index (χ0n) is 12.8. The van der Waals surface area contributed by atoms with Crippen molar-refractivity contribution in [2.45, 2.75) is 11.3 Å². The van der Waals surface area contributed by atoms with Crippen LogP contribution in [0.3, 0.4) is 0 Å². The highest BCUT2D eigenvalue weighted by atomic mass is 35.5. The Hall–Kier alpha value is -1.47. The molecule has 0 saturated carbocycles. The topological polar surface area (TPSA) is 68.3 Å². The molecule has 132 valence electrons. The number of carbonyl (C=O) groups is 2. The third-order valence-corrected chi connectivity index (χ3v) is 4.84. The van der Waals surface area contributed by atoms with Crippen LogP contribution in [0.1, 0.15) is 6.42 Å². The molecule has 0 fully saturated rings. The Morgan fingerprint density at radius 3 is 2.64 bits per heavy atom.